The lowest BCUT2D eigenvalue weighted by atomic mass is 10.2. The third-order valence-corrected chi connectivity index (χ3v) is 5.73. The highest BCUT2D eigenvalue weighted by molar-refractivity contribution is 9.10. The van der Waals surface area contributed by atoms with Crippen LogP contribution in [0.5, 0.6) is 0 Å². The van der Waals surface area contributed by atoms with Crippen LogP contribution >= 0.6 is 15.9 Å². The average Bonchev–Trinajstić information content (AvgIpc) is 2.63. The summed E-state index contributed by atoms with van der Waals surface area (Å²) in [6.07, 6.45) is 0. The standard InChI is InChI=1S/C13H17BrN4O2S/c1-9-12(13(15)16-18(9)3)21(19,20)17(2)8-10-5-4-6-11(14)7-10/h4-7H,8H2,1-3H3,(H2,15,16). The maximum Gasteiger partial charge on any atom is 0.248 e. The molecule has 6 nitrogen and oxygen atoms in total. The smallest absolute Gasteiger partial charge is 0.248 e. The Labute approximate surface area is 132 Å². The number of nitrogens with zero attached hydrogens (tertiary/aromatic N) is 3. The van der Waals surface area contributed by atoms with Gasteiger partial charge in [0, 0.05) is 25.1 Å². The van der Waals surface area contributed by atoms with E-state index in [2.05, 4.69) is 21.0 Å². The Balaban J connectivity index is 2.35. The minimum absolute atomic E-state index is 0.0242. The van der Waals surface area contributed by atoms with Gasteiger partial charge >= 0.3 is 0 Å². The Morgan fingerprint density at radius 1 is 1.43 bits per heavy atom. The van der Waals surface area contributed by atoms with Crippen molar-refractivity contribution in [3.8, 4) is 0 Å². The second kappa shape index (κ2) is 5.78. The largest absolute Gasteiger partial charge is 0.381 e. The zero-order chi connectivity index (χ0) is 15.8. The normalized spacial score (nSPS) is 12.0. The van der Waals surface area contributed by atoms with Crippen molar-refractivity contribution in [2.45, 2.75) is 18.4 Å². The number of hydrogen-bond donors (Lipinski definition) is 1. The van der Waals surface area contributed by atoms with Gasteiger partial charge in [-0.25, -0.2) is 8.42 Å². The molecule has 0 atom stereocenters. The van der Waals surface area contributed by atoms with Crippen molar-refractivity contribution >= 4 is 31.8 Å². The van der Waals surface area contributed by atoms with Crippen LogP contribution in [0.3, 0.4) is 0 Å². The van der Waals surface area contributed by atoms with Gasteiger partial charge in [-0.2, -0.15) is 9.40 Å². The third kappa shape index (κ3) is 3.12. The number of aryl methyl sites for hydroxylation is 1. The van der Waals surface area contributed by atoms with Crippen molar-refractivity contribution in [1.82, 2.24) is 14.1 Å². The molecule has 0 saturated carbocycles. The molecule has 0 fully saturated rings. The summed E-state index contributed by atoms with van der Waals surface area (Å²) < 4.78 is 29.0. The van der Waals surface area contributed by atoms with E-state index in [0.717, 1.165) is 10.0 Å². The molecule has 0 amide bonds. The SMILES string of the molecule is Cc1c(S(=O)(=O)N(C)Cc2cccc(Br)c2)c(N)nn1C. The van der Waals surface area contributed by atoms with Crippen LogP contribution in [-0.4, -0.2) is 29.6 Å². The van der Waals surface area contributed by atoms with Crippen LogP contribution in [-0.2, 0) is 23.6 Å². The molecule has 0 aliphatic heterocycles. The summed E-state index contributed by atoms with van der Waals surface area (Å²) in [6.45, 7) is 1.94. The summed E-state index contributed by atoms with van der Waals surface area (Å²) in [4.78, 5) is 0.0718. The zero-order valence-electron chi connectivity index (χ0n) is 12.0. The number of hydrogen-bond acceptors (Lipinski definition) is 4. The van der Waals surface area contributed by atoms with Gasteiger partial charge < -0.3 is 5.73 Å². The summed E-state index contributed by atoms with van der Waals surface area (Å²) in [6, 6.07) is 7.51. The van der Waals surface area contributed by atoms with Gasteiger partial charge in [-0.1, -0.05) is 28.1 Å². The van der Waals surface area contributed by atoms with Crippen LogP contribution < -0.4 is 5.73 Å². The molecule has 0 saturated heterocycles. The molecule has 2 rings (SSSR count). The fourth-order valence-corrected chi connectivity index (χ4v) is 3.95. The van der Waals surface area contributed by atoms with Crippen LogP contribution in [0.2, 0.25) is 0 Å². The van der Waals surface area contributed by atoms with Gasteiger partial charge in [0.2, 0.25) is 10.0 Å². The third-order valence-electron chi connectivity index (χ3n) is 3.27. The fraction of sp³-hybridized carbons (Fsp3) is 0.308. The average molecular weight is 373 g/mol. The maximum atomic E-state index is 12.7. The molecule has 2 aromatic rings. The first kappa shape index (κ1) is 16.0. The lowest BCUT2D eigenvalue weighted by Gasteiger charge is -2.17. The Morgan fingerprint density at radius 2 is 2.10 bits per heavy atom. The number of halogens is 1. The number of rotatable bonds is 4. The maximum absolute atomic E-state index is 12.7. The molecule has 1 aromatic heterocycles. The fourth-order valence-electron chi connectivity index (χ4n) is 2.07. The summed E-state index contributed by atoms with van der Waals surface area (Å²) in [5.74, 6) is 0.0242. The molecule has 8 heteroatoms. The van der Waals surface area contributed by atoms with Crippen LogP contribution in [0.15, 0.2) is 33.6 Å². The zero-order valence-corrected chi connectivity index (χ0v) is 14.4. The van der Waals surface area contributed by atoms with Crippen LogP contribution in [0.4, 0.5) is 5.82 Å². The highest BCUT2D eigenvalue weighted by atomic mass is 79.9. The molecule has 114 valence electrons. The molecule has 0 aliphatic carbocycles. The van der Waals surface area contributed by atoms with E-state index in [1.807, 2.05) is 24.3 Å². The van der Waals surface area contributed by atoms with Gasteiger partial charge in [-0.05, 0) is 24.6 Å². The van der Waals surface area contributed by atoms with Crippen molar-refractivity contribution in [1.29, 1.82) is 0 Å². The van der Waals surface area contributed by atoms with E-state index in [9.17, 15) is 8.42 Å². The predicted molar refractivity (Wildman–Crippen MR) is 85.2 cm³/mol. The van der Waals surface area contributed by atoms with E-state index < -0.39 is 10.0 Å². The minimum Gasteiger partial charge on any atom is -0.381 e. The molecule has 0 spiro atoms. The highest BCUT2D eigenvalue weighted by Crippen LogP contribution is 2.25. The second-order valence-electron chi connectivity index (χ2n) is 4.81. The summed E-state index contributed by atoms with van der Waals surface area (Å²) in [7, 11) is -0.485. The lowest BCUT2D eigenvalue weighted by Crippen LogP contribution is -2.27. The van der Waals surface area contributed by atoms with Crippen molar-refractivity contribution in [3.63, 3.8) is 0 Å². The van der Waals surface area contributed by atoms with E-state index in [4.69, 9.17) is 5.73 Å². The Bertz CT molecular complexity index is 770. The van der Waals surface area contributed by atoms with Crippen molar-refractivity contribution in [3.05, 3.63) is 40.0 Å². The van der Waals surface area contributed by atoms with E-state index in [0.29, 0.717) is 5.69 Å². The first-order chi connectivity index (χ1) is 9.73. The van der Waals surface area contributed by atoms with E-state index in [1.165, 1.54) is 16.0 Å². The lowest BCUT2D eigenvalue weighted by molar-refractivity contribution is 0.466. The summed E-state index contributed by atoms with van der Waals surface area (Å²) >= 11 is 3.37. The van der Waals surface area contributed by atoms with Gasteiger partial charge in [-0.15, -0.1) is 0 Å². The summed E-state index contributed by atoms with van der Waals surface area (Å²) in [5, 5.41) is 3.96. The quantitative estimate of drug-likeness (QED) is 0.888. The van der Waals surface area contributed by atoms with E-state index in [-0.39, 0.29) is 17.3 Å². The molecule has 0 aliphatic rings. The monoisotopic (exact) mass is 372 g/mol. The molecule has 0 radical (unpaired) electrons. The molecule has 1 heterocycles. The number of sulfonamides is 1. The summed E-state index contributed by atoms with van der Waals surface area (Å²) in [5.41, 5.74) is 7.14. The van der Waals surface area contributed by atoms with E-state index in [1.54, 1.807) is 14.0 Å². The van der Waals surface area contributed by atoms with Gasteiger partial charge in [0.15, 0.2) is 5.82 Å². The van der Waals surface area contributed by atoms with Crippen molar-refractivity contribution in [2.24, 2.45) is 7.05 Å². The first-order valence-corrected chi connectivity index (χ1v) is 8.46. The van der Waals surface area contributed by atoms with Crippen molar-refractivity contribution in [2.75, 3.05) is 12.8 Å². The molecular formula is C13H17BrN4O2S. The molecule has 0 unspecified atom stereocenters. The second-order valence-corrected chi connectivity index (χ2v) is 7.71. The Morgan fingerprint density at radius 3 is 2.62 bits per heavy atom. The Hall–Kier alpha value is -1.38. The number of nitrogen functional groups attached to an aromatic ring is 1. The van der Waals surface area contributed by atoms with E-state index >= 15 is 0 Å². The number of nitrogens with two attached hydrogens (primary N) is 1. The highest BCUT2D eigenvalue weighted by Gasteiger charge is 2.28. The first-order valence-electron chi connectivity index (χ1n) is 6.23. The van der Waals surface area contributed by atoms with Crippen LogP contribution in [0, 0.1) is 6.92 Å². The molecule has 21 heavy (non-hydrogen) atoms. The molecular weight excluding hydrogens is 356 g/mol. The van der Waals surface area contributed by atoms with Crippen molar-refractivity contribution < 1.29 is 8.42 Å². The number of benzene rings is 1. The molecule has 2 N–H and O–H groups in total. The van der Waals surface area contributed by atoms with Gasteiger partial charge in [0.25, 0.3) is 0 Å². The topological polar surface area (TPSA) is 81.2 Å². The van der Waals surface area contributed by atoms with Gasteiger partial charge in [0.05, 0.1) is 5.69 Å². The Kier molecular flexibility index (Phi) is 4.40. The van der Waals surface area contributed by atoms with Crippen LogP contribution in [0.1, 0.15) is 11.3 Å². The number of aromatic nitrogens is 2. The van der Waals surface area contributed by atoms with Gasteiger partial charge in [0.1, 0.15) is 4.90 Å². The molecule has 0 bridgehead atoms. The molecule has 1 aromatic carbocycles. The number of anilines is 1. The van der Waals surface area contributed by atoms with Gasteiger partial charge in [-0.3, -0.25) is 4.68 Å². The van der Waals surface area contributed by atoms with Crippen LogP contribution in [0.25, 0.3) is 0 Å². The predicted octanol–water partition coefficient (Wildman–Crippen LogP) is 1.89. The minimum atomic E-state index is -3.68.